The summed E-state index contributed by atoms with van der Waals surface area (Å²) in [4.78, 5) is 11.7. The molecule has 24 heavy (non-hydrogen) atoms. The number of nitrogens with two attached hydrogens (primary N) is 1. The number of hydrogen-bond donors (Lipinski definition) is 2. The minimum Gasteiger partial charge on any atom is -0.480 e. The molecule has 2 aromatic rings. The molecule has 1 fully saturated rings. The van der Waals surface area contributed by atoms with E-state index in [1.807, 2.05) is 19.1 Å². The molecule has 0 spiro atoms. The molecule has 2 aromatic carbocycles. The van der Waals surface area contributed by atoms with Gasteiger partial charge in [-0.15, -0.1) is 0 Å². The number of rotatable bonds is 4. The van der Waals surface area contributed by atoms with E-state index in [-0.39, 0.29) is 4.90 Å². The Morgan fingerprint density at radius 1 is 1.12 bits per heavy atom. The van der Waals surface area contributed by atoms with Gasteiger partial charge in [-0.05, 0) is 36.8 Å². The van der Waals surface area contributed by atoms with Crippen molar-refractivity contribution in [3.05, 3.63) is 64.7 Å². The van der Waals surface area contributed by atoms with Crippen molar-refractivity contribution >= 4 is 27.4 Å². The Morgan fingerprint density at radius 3 is 2.17 bits per heavy atom. The number of hydrogen-bond acceptors (Lipinski definition) is 4. The molecule has 5 nitrogen and oxygen atoms in total. The molecule has 7 heteroatoms. The van der Waals surface area contributed by atoms with Crippen molar-refractivity contribution in [2.75, 3.05) is 0 Å². The van der Waals surface area contributed by atoms with Gasteiger partial charge in [0, 0.05) is 10.9 Å². The van der Waals surface area contributed by atoms with Gasteiger partial charge in [0.1, 0.15) is 10.8 Å². The SMILES string of the molecule is Cc1ccc([C@@H]2[C@@H](S(=O)(=O)c3ccc(Cl)cc3)[C@@]2(N)C(=O)O)cc1. The highest BCUT2D eigenvalue weighted by Crippen LogP contribution is 2.55. The molecule has 0 amide bonds. The molecular weight excluding hydrogens is 350 g/mol. The van der Waals surface area contributed by atoms with E-state index >= 15 is 0 Å². The average molecular weight is 366 g/mol. The average Bonchev–Trinajstić information content (AvgIpc) is 3.17. The Labute approximate surface area is 145 Å². The van der Waals surface area contributed by atoms with Crippen LogP contribution in [0.2, 0.25) is 5.02 Å². The summed E-state index contributed by atoms with van der Waals surface area (Å²) in [6.45, 7) is 1.89. The quantitative estimate of drug-likeness (QED) is 0.866. The summed E-state index contributed by atoms with van der Waals surface area (Å²) in [5.41, 5.74) is 5.76. The lowest BCUT2D eigenvalue weighted by molar-refractivity contribution is -0.139. The second-order valence-corrected chi connectivity index (χ2v) is 8.55. The molecule has 3 rings (SSSR count). The van der Waals surface area contributed by atoms with Crippen LogP contribution in [0.15, 0.2) is 53.4 Å². The van der Waals surface area contributed by atoms with Crippen LogP contribution < -0.4 is 5.73 Å². The Balaban J connectivity index is 2.06. The molecule has 3 atom stereocenters. The van der Waals surface area contributed by atoms with Gasteiger partial charge in [0.05, 0.1) is 4.90 Å². The normalized spacial score (nSPS) is 26.1. The summed E-state index contributed by atoms with van der Waals surface area (Å²) in [6, 6.07) is 12.7. The number of aliphatic carboxylic acids is 1. The van der Waals surface area contributed by atoms with Crippen molar-refractivity contribution in [2.24, 2.45) is 5.73 Å². The van der Waals surface area contributed by atoms with E-state index in [9.17, 15) is 18.3 Å². The Morgan fingerprint density at radius 2 is 1.67 bits per heavy atom. The minimum absolute atomic E-state index is 0.0163. The summed E-state index contributed by atoms with van der Waals surface area (Å²) in [5.74, 6) is -2.12. The van der Waals surface area contributed by atoms with Crippen LogP contribution in [0, 0.1) is 6.92 Å². The van der Waals surface area contributed by atoms with Crippen LogP contribution in [-0.2, 0) is 14.6 Å². The number of aryl methyl sites for hydroxylation is 1. The predicted molar refractivity (Wildman–Crippen MR) is 90.9 cm³/mol. The highest BCUT2D eigenvalue weighted by Gasteiger charge is 2.74. The van der Waals surface area contributed by atoms with Gasteiger partial charge in [-0.1, -0.05) is 41.4 Å². The third kappa shape index (κ3) is 2.51. The fourth-order valence-corrected chi connectivity index (χ4v) is 5.42. The first kappa shape index (κ1) is 17.0. The molecule has 3 N–H and O–H groups in total. The third-order valence-corrected chi connectivity index (χ3v) is 6.97. The fourth-order valence-electron chi connectivity index (χ4n) is 3.06. The monoisotopic (exact) mass is 365 g/mol. The fraction of sp³-hybridized carbons (Fsp3) is 0.235. The van der Waals surface area contributed by atoms with Crippen molar-refractivity contribution in [3.63, 3.8) is 0 Å². The van der Waals surface area contributed by atoms with Crippen molar-refractivity contribution in [1.29, 1.82) is 0 Å². The summed E-state index contributed by atoms with van der Waals surface area (Å²) in [5, 5.41) is 8.70. The van der Waals surface area contributed by atoms with Crippen LogP contribution in [0.4, 0.5) is 0 Å². The molecule has 126 valence electrons. The first-order valence-electron chi connectivity index (χ1n) is 7.27. The third-order valence-electron chi connectivity index (χ3n) is 4.46. The zero-order valence-electron chi connectivity index (χ0n) is 12.8. The lowest BCUT2D eigenvalue weighted by Crippen LogP contribution is -2.39. The van der Waals surface area contributed by atoms with Gasteiger partial charge in [0.25, 0.3) is 0 Å². The van der Waals surface area contributed by atoms with E-state index < -0.39 is 32.5 Å². The van der Waals surface area contributed by atoms with Crippen molar-refractivity contribution in [3.8, 4) is 0 Å². The molecule has 1 aliphatic carbocycles. The Bertz CT molecular complexity index is 893. The van der Waals surface area contributed by atoms with E-state index in [4.69, 9.17) is 17.3 Å². The van der Waals surface area contributed by atoms with Crippen LogP contribution in [0.5, 0.6) is 0 Å². The standard InChI is InChI=1S/C17H16ClNO4S/c1-10-2-4-11(5-3-10)14-15(17(14,19)16(20)21)24(22,23)13-8-6-12(18)7-9-13/h2-9,14-15H,19H2,1H3,(H,20,21)/t14-,15-,17-/m1/s1. The van der Waals surface area contributed by atoms with Gasteiger partial charge in [-0.2, -0.15) is 0 Å². The van der Waals surface area contributed by atoms with Crippen molar-refractivity contribution in [2.45, 2.75) is 28.5 Å². The molecule has 0 aliphatic heterocycles. The van der Waals surface area contributed by atoms with E-state index in [0.717, 1.165) is 5.56 Å². The second-order valence-electron chi connectivity index (χ2n) is 6.05. The topological polar surface area (TPSA) is 97.5 Å². The maximum absolute atomic E-state index is 12.9. The number of carboxylic acids is 1. The van der Waals surface area contributed by atoms with Crippen LogP contribution in [0.3, 0.4) is 0 Å². The van der Waals surface area contributed by atoms with E-state index in [2.05, 4.69) is 0 Å². The Kier molecular flexibility index (Phi) is 3.94. The lowest BCUT2D eigenvalue weighted by atomic mass is 10.1. The number of carbonyl (C=O) groups is 1. The number of benzene rings is 2. The first-order valence-corrected chi connectivity index (χ1v) is 9.19. The molecule has 0 radical (unpaired) electrons. The molecule has 1 saturated carbocycles. The number of carboxylic acid groups (broad SMARTS) is 1. The summed E-state index contributed by atoms with van der Waals surface area (Å²) in [7, 11) is -3.91. The van der Waals surface area contributed by atoms with Gasteiger partial charge in [0.15, 0.2) is 9.84 Å². The van der Waals surface area contributed by atoms with Crippen molar-refractivity contribution < 1.29 is 18.3 Å². The highest BCUT2D eigenvalue weighted by molar-refractivity contribution is 7.92. The maximum Gasteiger partial charge on any atom is 0.325 e. The number of halogens is 1. The summed E-state index contributed by atoms with van der Waals surface area (Å²) in [6.07, 6.45) is 0. The van der Waals surface area contributed by atoms with Gasteiger partial charge in [-0.25, -0.2) is 8.42 Å². The van der Waals surface area contributed by atoms with E-state index in [1.165, 1.54) is 24.3 Å². The molecule has 0 bridgehead atoms. The highest BCUT2D eigenvalue weighted by atomic mass is 35.5. The minimum atomic E-state index is -3.91. The molecule has 0 saturated heterocycles. The van der Waals surface area contributed by atoms with Crippen molar-refractivity contribution in [1.82, 2.24) is 0 Å². The molecule has 0 aromatic heterocycles. The molecule has 0 heterocycles. The first-order chi connectivity index (χ1) is 11.2. The zero-order chi connectivity index (χ0) is 17.7. The van der Waals surface area contributed by atoms with E-state index in [0.29, 0.717) is 10.6 Å². The zero-order valence-corrected chi connectivity index (χ0v) is 14.4. The van der Waals surface area contributed by atoms with Crippen LogP contribution in [0.1, 0.15) is 17.0 Å². The van der Waals surface area contributed by atoms with Gasteiger partial charge < -0.3 is 10.8 Å². The van der Waals surface area contributed by atoms with Gasteiger partial charge in [-0.3, -0.25) is 4.79 Å². The maximum atomic E-state index is 12.9. The largest absolute Gasteiger partial charge is 0.480 e. The molecule has 0 unspecified atom stereocenters. The number of sulfone groups is 1. The smallest absolute Gasteiger partial charge is 0.325 e. The lowest BCUT2D eigenvalue weighted by Gasteiger charge is -2.07. The predicted octanol–water partition coefficient (Wildman–Crippen LogP) is 2.37. The van der Waals surface area contributed by atoms with Gasteiger partial charge >= 0.3 is 5.97 Å². The Hall–Kier alpha value is -1.89. The second kappa shape index (κ2) is 5.58. The van der Waals surface area contributed by atoms with Crippen LogP contribution in [-0.4, -0.2) is 30.3 Å². The summed E-state index contributed by atoms with van der Waals surface area (Å²) < 4.78 is 25.8. The van der Waals surface area contributed by atoms with Gasteiger partial charge in [0.2, 0.25) is 0 Å². The molecular formula is C17H16ClNO4S. The molecule has 1 aliphatic rings. The van der Waals surface area contributed by atoms with Crippen LogP contribution in [0.25, 0.3) is 0 Å². The summed E-state index contributed by atoms with van der Waals surface area (Å²) >= 11 is 5.79. The van der Waals surface area contributed by atoms with E-state index in [1.54, 1.807) is 12.1 Å². The van der Waals surface area contributed by atoms with Crippen LogP contribution >= 0.6 is 11.6 Å².